The second kappa shape index (κ2) is 7.75. The largest absolute Gasteiger partial charge is 0.349 e. The fourth-order valence-corrected chi connectivity index (χ4v) is 4.90. The maximum absolute atomic E-state index is 13.7. The summed E-state index contributed by atoms with van der Waals surface area (Å²) in [5.41, 5.74) is 7.61. The molecule has 5 heteroatoms. The van der Waals surface area contributed by atoms with Crippen LogP contribution in [0.2, 0.25) is 0 Å². The van der Waals surface area contributed by atoms with Crippen molar-refractivity contribution in [2.24, 2.45) is 0 Å². The molecule has 2 heterocycles. The van der Waals surface area contributed by atoms with E-state index in [0.717, 1.165) is 39.0 Å². The Balaban J connectivity index is 1.75. The first kappa shape index (κ1) is 19.6. The van der Waals surface area contributed by atoms with Gasteiger partial charge in [0.2, 0.25) is 0 Å². The molecule has 2 aromatic heterocycles. The Labute approximate surface area is 185 Å². The maximum atomic E-state index is 13.7. The Bertz CT molecular complexity index is 1500. The van der Waals surface area contributed by atoms with E-state index < -0.39 is 0 Å². The van der Waals surface area contributed by atoms with Crippen molar-refractivity contribution in [3.8, 4) is 5.69 Å². The molecule has 154 valence electrons. The number of rotatable bonds is 4. The number of hydrogen-bond acceptors (Lipinski definition) is 3. The van der Waals surface area contributed by atoms with Gasteiger partial charge in [-0.3, -0.25) is 9.36 Å². The number of benzene rings is 3. The summed E-state index contributed by atoms with van der Waals surface area (Å²) in [6, 6.07) is 22.6. The average molecular weight is 426 g/mol. The first-order valence-corrected chi connectivity index (χ1v) is 11.3. The molecule has 0 saturated carbocycles. The first-order valence-electron chi connectivity index (χ1n) is 10.3. The topological polar surface area (TPSA) is 50.7 Å². The molecular formula is C26H23N3OS. The summed E-state index contributed by atoms with van der Waals surface area (Å²) in [5.74, 6) is 0.743. The quantitative estimate of drug-likeness (QED) is 0.280. The number of aryl methyl sites for hydroxylation is 3. The summed E-state index contributed by atoms with van der Waals surface area (Å²) in [6.07, 6.45) is 0. The highest BCUT2D eigenvalue weighted by Crippen LogP contribution is 2.29. The predicted molar refractivity (Wildman–Crippen MR) is 129 cm³/mol. The summed E-state index contributed by atoms with van der Waals surface area (Å²) in [4.78, 5) is 22.0. The van der Waals surface area contributed by atoms with Gasteiger partial charge in [-0.1, -0.05) is 71.9 Å². The number of fused-ring (bicyclic) bond motifs is 3. The Morgan fingerprint density at radius 2 is 1.74 bits per heavy atom. The smallest absolute Gasteiger partial charge is 0.283 e. The van der Waals surface area contributed by atoms with Crippen LogP contribution in [0.25, 0.3) is 27.6 Å². The SMILES string of the molecule is Cc1cccc(CSc2nc3c([nH]c4ccccc43)c(=O)n2-c2cc(C)ccc2C)c1. The van der Waals surface area contributed by atoms with Crippen LogP contribution in [0.5, 0.6) is 0 Å². The van der Waals surface area contributed by atoms with Gasteiger partial charge in [-0.15, -0.1) is 0 Å². The van der Waals surface area contributed by atoms with E-state index in [1.165, 1.54) is 11.1 Å². The van der Waals surface area contributed by atoms with Gasteiger partial charge in [0.15, 0.2) is 5.16 Å². The van der Waals surface area contributed by atoms with Crippen LogP contribution in [0.1, 0.15) is 22.3 Å². The molecule has 0 aliphatic carbocycles. The van der Waals surface area contributed by atoms with Gasteiger partial charge in [0.1, 0.15) is 11.0 Å². The van der Waals surface area contributed by atoms with Crippen molar-refractivity contribution >= 4 is 33.7 Å². The van der Waals surface area contributed by atoms with Crippen molar-refractivity contribution in [1.82, 2.24) is 14.5 Å². The van der Waals surface area contributed by atoms with Gasteiger partial charge in [-0.25, -0.2) is 4.98 Å². The normalized spacial score (nSPS) is 11.5. The van der Waals surface area contributed by atoms with Crippen LogP contribution in [0, 0.1) is 20.8 Å². The lowest BCUT2D eigenvalue weighted by Crippen LogP contribution is -2.22. The summed E-state index contributed by atoms with van der Waals surface area (Å²) in [6.45, 7) is 6.17. The molecule has 5 rings (SSSR count). The molecule has 3 aromatic carbocycles. The highest BCUT2D eigenvalue weighted by molar-refractivity contribution is 7.98. The van der Waals surface area contributed by atoms with Crippen molar-refractivity contribution in [1.29, 1.82) is 0 Å². The van der Waals surface area contributed by atoms with Crippen LogP contribution in [0.15, 0.2) is 76.7 Å². The van der Waals surface area contributed by atoms with E-state index in [1.54, 1.807) is 16.3 Å². The number of aromatic amines is 1. The van der Waals surface area contributed by atoms with Crippen LogP contribution in [0.4, 0.5) is 0 Å². The Morgan fingerprint density at radius 3 is 2.58 bits per heavy atom. The lowest BCUT2D eigenvalue weighted by Gasteiger charge is -2.15. The zero-order chi connectivity index (χ0) is 21.5. The van der Waals surface area contributed by atoms with Crippen molar-refractivity contribution in [2.45, 2.75) is 31.7 Å². The molecular weight excluding hydrogens is 402 g/mol. The number of nitrogens with one attached hydrogen (secondary N) is 1. The molecule has 1 N–H and O–H groups in total. The third-order valence-electron chi connectivity index (χ3n) is 5.55. The van der Waals surface area contributed by atoms with E-state index >= 15 is 0 Å². The van der Waals surface area contributed by atoms with Crippen LogP contribution >= 0.6 is 11.8 Å². The molecule has 0 aliphatic heterocycles. The second-order valence-electron chi connectivity index (χ2n) is 8.00. The van der Waals surface area contributed by atoms with E-state index in [9.17, 15) is 4.79 Å². The Morgan fingerprint density at radius 1 is 0.935 bits per heavy atom. The van der Waals surface area contributed by atoms with Gasteiger partial charge < -0.3 is 4.98 Å². The van der Waals surface area contributed by atoms with Crippen LogP contribution in [-0.4, -0.2) is 14.5 Å². The number of para-hydroxylation sites is 1. The fraction of sp³-hybridized carbons (Fsp3) is 0.154. The molecule has 0 amide bonds. The highest BCUT2D eigenvalue weighted by atomic mass is 32.2. The Kier molecular flexibility index (Phi) is 4.91. The molecule has 0 spiro atoms. The Hall–Kier alpha value is -3.31. The van der Waals surface area contributed by atoms with Gasteiger partial charge in [-0.2, -0.15) is 0 Å². The van der Waals surface area contributed by atoms with Crippen molar-refractivity contribution in [3.63, 3.8) is 0 Å². The standard InChI is InChI=1S/C26H23N3OS/c1-16-7-6-8-19(13-16)15-31-26-28-23-20-9-4-5-10-21(20)27-24(23)25(30)29(26)22-14-17(2)11-12-18(22)3/h4-14,27H,15H2,1-3H3. The lowest BCUT2D eigenvalue weighted by atomic mass is 10.1. The van der Waals surface area contributed by atoms with Crippen LogP contribution in [-0.2, 0) is 5.75 Å². The van der Waals surface area contributed by atoms with Crippen molar-refractivity contribution < 1.29 is 0 Å². The minimum absolute atomic E-state index is 0.0679. The molecule has 5 aromatic rings. The number of aromatic nitrogens is 3. The fourth-order valence-electron chi connectivity index (χ4n) is 3.96. The predicted octanol–water partition coefficient (Wildman–Crippen LogP) is 6.08. The van der Waals surface area contributed by atoms with E-state index in [2.05, 4.69) is 54.4 Å². The van der Waals surface area contributed by atoms with E-state index in [0.29, 0.717) is 10.7 Å². The zero-order valence-corrected chi connectivity index (χ0v) is 18.6. The summed E-state index contributed by atoms with van der Waals surface area (Å²) >= 11 is 1.60. The molecule has 0 fully saturated rings. The van der Waals surface area contributed by atoms with Crippen LogP contribution < -0.4 is 5.56 Å². The second-order valence-corrected chi connectivity index (χ2v) is 8.94. The number of nitrogens with zero attached hydrogens (tertiary/aromatic N) is 2. The lowest BCUT2D eigenvalue weighted by molar-refractivity contribution is 0.812. The summed E-state index contributed by atoms with van der Waals surface area (Å²) < 4.78 is 1.76. The number of hydrogen-bond donors (Lipinski definition) is 1. The zero-order valence-electron chi connectivity index (χ0n) is 17.8. The molecule has 0 unspecified atom stereocenters. The van der Waals surface area contributed by atoms with E-state index in [-0.39, 0.29) is 5.56 Å². The minimum Gasteiger partial charge on any atom is -0.349 e. The van der Waals surface area contributed by atoms with Crippen LogP contribution in [0.3, 0.4) is 0 Å². The van der Waals surface area contributed by atoms with Gasteiger partial charge in [-0.05, 0) is 49.6 Å². The molecule has 4 nitrogen and oxygen atoms in total. The van der Waals surface area contributed by atoms with E-state index in [1.807, 2.05) is 38.1 Å². The molecule has 0 atom stereocenters. The monoisotopic (exact) mass is 425 g/mol. The molecule has 31 heavy (non-hydrogen) atoms. The van der Waals surface area contributed by atoms with E-state index in [4.69, 9.17) is 4.98 Å². The third kappa shape index (κ3) is 3.55. The van der Waals surface area contributed by atoms with Gasteiger partial charge in [0, 0.05) is 16.7 Å². The molecule has 0 radical (unpaired) electrons. The summed E-state index contributed by atoms with van der Waals surface area (Å²) in [7, 11) is 0. The average Bonchev–Trinajstić information content (AvgIpc) is 3.14. The number of thioether (sulfide) groups is 1. The van der Waals surface area contributed by atoms with Crippen molar-refractivity contribution in [2.75, 3.05) is 0 Å². The summed E-state index contributed by atoms with van der Waals surface area (Å²) in [5, 5.41) is 1.68. The maximum Gasteiger partial charge on any atom is 0.283 e. The number of H-pyrrole nitrogens is 1. The highest BCUT2D eigenvalue weighted by Gasteiger charge is 2.18. The molecule has 0 saturated heterocycles. The van der Waals surface area contributed by atoms with Gasteiger partial charge in [0.05, 0.1) is 5.69 Å². The van der Waals surface area contributed by atoms with Gasteiger partial charge >= 0.3 is 0 Å². The van der Waals surface area contributed by atoms with Crippen molar-refractivity contribution in [3.05, 3.63) is 99.3 Å². The molecule has 0 aliphatic rings. The van der Waals surface area contributed by atoms with Gasteiger partial charge in [0.25, 0.3) is 5.56 Å². The third-order valence-corrected chi connectivity index (χ3v) is 6.56. The minimum atomic E-state index is -0.0679. The first-order chi connectivity index (χ1) is 15.0. The molecule has 0 bridgehead atoms.